The minimum Gasteiger partial charge on any atom is -0.299 e. The number of hydrogen-bond acceptors (Lipinski definition) is 1. The molecule has 3 aromatic rings. The predicted octanol–water partition coefficient (Wildman–Crippen LogP) is 3.30. The first-order valence-corrected chi connectivity index (χ1v) is 5.12. The van der Waals surface area contributed by atoms with E-state index in [1.165, 1.54) is 12.1 Å². The summed E-state index contributed by atoms with van der Waals surface area (Å²) in [6.07, 6.45) is 1.55. The summed E-state index contributed by atoms with van der Waals surface area (Å²) in [6.45, 7) is 0. The van der Waals surface area contributed by atoms with Gasteiger partial charge in [0.25, 0.3) is 0 Å². The molecule has 0 saturated carbocycles. The van der Waals surface area contributed by atoms with Gasteiger partial charge in [-0.1, -0.05) is 12.1 Å². The molecule has 0 amide bonds. The zero-order valence-electron chi connectivity index (χ0n) is 8.77. The number of fused-ring (bicyclic) bond motifs is 1. The lowest BCUT2D eigenvalue weighted by Crippen LogP contribution is -1.94. The van der Waals surface area contributed by atoms with Crippen LogP contribution >= 0.6 is 0 Å². The minimum absolute atomic E-state index is 0.427. The number of hydrogen-bond donors (Lipinski definition) is 0. The Balaban J connectivity index is 2.27. The molecule has 0 atom stereocenters. The van der Waals surface area contributed by atoms with Crippen LogP contribution in [0.2, 0.25) is 0 Å². The van der Waals surface area contributed by atoms with E-state index in [0.29, 0.717) is 5.69 Å². The van der Waals surface area contributed by atoms with Gasteiger partial charge in [0.05, 0.1) is 16.7 Å². The average molecular weight is 230 g/mol. The fourth-order valence-corrected chi connectivity index (χ4v) is 1.84. The molecule has 2 aromatic carbocycles. The molecule has 0 unspecified atom stereocenters. The third-order valence-corrected chi connectivity index (χ3v) is 2.58. The van der Waals surface area contributed by atoms with E-state index in [1.54, 1.807) is 10.9 Å². The number of aromatic nitrogens is 2. The summed E-state index contributed by atoms with van der Waals surface area (Å²) in [6, 6.07) is 10.8. The quantitative estimate of drug-likeness (QED) is 0.627. The van der Waals surface area contributed by atoms with Crippen LogP contribution in [0, 0.1) is 11.6 Å². The Morgan fingerprint density at radius 1 is 0.941 bits per heavy atom. The summed E-state index contributed by atoms with van der Waals surface area (Å²) in [5.74, 6) is -1.20. The monoisotopic (exact) mass is 230 g/mol. The molecule has 0 spiro atoms. The Labute approximate surface area is 96.1 Å². The molecule has 1 heterocycles. The first-order chi connectivity index (χ1) is 8.24. The Hall–Kier alpha value is -2.23. The number of nitrogens with zero attached hydrogens (tertiary/aromatic N) is 2. The lowest BCUT2D eigenvalue weighted by molar-refractivity contribution is 0.582. The maximum atomic E-state index is 13.1. The van der Waals surface area contributed by atoms with Gasteiger partial charge in [0.15, 0.2) is 0 Å². The maximum Gasteiger partial charge on any atom is 0.128 e. The summed E-state index contributed by atoms with van der Waals surface area (Å²) < 4.78 is 27.9. The summed E-state index contributed by atoms with van der Waals surface area (Å²) in [5.41, 5.74) is 2.03. The van der Waals surface area contributed by atoms with Crippen molar-refractivity contribution in [3.63, 3.8) is 0 Å². The third kappa shape index (κ3) is 1.67. The number of halogens is 2. The smallest absolute Gasteiger partial charge is 0.128 e. The molecule has 0 aliphatic rings. The maximum absolute atomic E-state index is 13.1. The molecular weight excluding hydrogens is 222 g/mol. The van der Waals surface area contributed by atoms with Crippen LogP contribution in [0.15, 0.2) is 48.8 Å². The average Bonchev–Trinajstić information content (AvgIpc) is 2.71. The van der Waals surface area contributed by atoms with Crippen molar-refractivity contribution < 1.29 is 8.78 Å². The van der Waals surface area contributed by atoms with Gasteiger partial charge < -0.3 is 0 Å². The van der Waals surface area contributed by atoms with Crippen molar-refractivity contribution in [3.05, 3.63) is 60.4 Å². The van der Waals surface area contributed by atoms with Crippen molar-refractivity contribution in [1.82, 2.24) is 9.55 Å². The van der Waals surface area contributed by atoms with E-state index in [2.05, 4.69) is 4.98 Å². The van der Waals surface area contributed by atoms with Crippen LogP contribution in [0.4, 0.5) is 8.78 Å². The highest BCUT2D eigenvalue weighted by molar-refractivity contribution is 5.77. The van der Waals surface area contributed by atoms with E-state index in [-0.39, 0.29) is 0 Å². The Morgan fingerprint density at radius 2 is 1.65 bits per heavy atom. The van der Waals surface area contributed by atoms with Gasteiger partial charge in [0.1, 0.15) is 18.0 Å². The summed E-state index contributed by atoms with van der Waals surface area (Å²) in [7, 11) is 0. The zero-order chi connectivity index (χ0) is 11.8. The summed E-state index contributed by atoms with van der Waals surface area (Å²) >= 11 is 0. The van der Waals surface area contributed by atoms with Crippen LogP contribution in [0.25, 0.3) is 16.7 Å². The predicted molar refractivity (Wildman–Crippen MR) is 61.0 cm³/mol. The zero-order valence-corrected chi connectivity index (χ0v) is 8.77. The number of para-hydroxylation sites is 2. The lowest BCUT2D eigenvalue weighted by Gasteiger charge is -2.04. The van der Waals surface area contributed by atoms with Crippen LogP contribution in [-0.4, -0.2) is 9.55 Å². The number of benzene rings is 2. The second-order valence-electron chi connectivity index (χ2n) is 3.73. The van der Waals surface area contributed by atoms with Gasteiger partial charge in [-0.25, -0.2) is 13.8 Å². The van der Waals surface area contributed by atoms with E-state index in [9.17, 15) is 8.78 Å². The molecular formula is C13H8F2N2. The minimum atomic E-state index is -0.599. The first kappa shape index (κ1) is 9.96. The molecule has 84 valence electrons. The SMILES string of the molecule is Fc1cc(F)cc(-n2cnc3ccccc32)c1. The van der Waals surface area contributed by atoms with Crippen LogP contribution in [0.1, 0.15) is 0 Å². The second kappa shape index (κ2) is 3.66. The highest BCUT2D eigenvalue weighted by atomic mass is 19.1. The third-order valence-electron chi connectivity index (χ3n) is 2.58. The summed E-state index contributed by atoms with van der Waals surface area (Å²) in [4.78, 5) is 4.17. The molecule has 0 aliphatic carbocycles. The van der Waals surface area contributed by atoms with Gasteiger partial charge in [-0.05, 0) is 24.3 Å². The Bertz CT molecular complexity index is 668. The summed E-state index contributed by atoms with van der Waals surface area (Å²) in [5, 5.41) is 0. The van der Waals surface area contributed by atoms with Crippen molar-refractivity contribution in [2.75, 3.05) is 0 Å². The van der Waals surface area contributed by atoms with Crippen LogP contribution in [-0.2, 0) is 0 Å². The Kier molecular flexibility index (Phi) is 2.14. The van der Waals surface area contributed by atoms with Gasteiger partial charge in [-0.3, -0.25) is 4.57 Å². The molecule has 2 nitrogen and oxygen atoms in total. The number of rotatable bonds is 1. The van der Waals surface area contributed by atoms with Crippen molar-refractivity contribution >= 4 is 11.0 Å². The van der Waals surface area contributed by atoms with Gasteiger partial charge >= 0.3 is 0 Å². The van der Waals surface area contributed by atoms with Crippen LogP contribution < -0.4 is 0 Å². The fourth-order valence-electron chi connectivity index (χ4n) is 1.84. The highest BCUT2D eigenvalue weighted by Crippen LogP contribution is 2.19. The molecule has 0 fully saturated rings. The van der Waals surface area contributed by atoms with E-state index in [1.807, 2.05) is 24.3 Å². The molecule has 0 saturated heterocycles. The Morgan fingerprint density at radius 3 is 2.41 bits per heavy atom. The number of imidazole rings is 1. The molecule has 0 N–H and O–H groups in total. The van der Waals surface area contributed by atoms with Crippen molar-refractivity contribution in [3.8, 4) is 5.69 Å². The normalized spacial score (nSPS) is 10.9. The molecule has 0 radical (unpaired) electrons. The largest absolute Gasteiger partial charge is 0.299 e. The van der Waals surface area contributed by atoms with Gasteiger partial charge in [0, 0.05) is 6.07 Å². The lowest BCUT2D eigenvalue weighted by atomic mass is 10.2. The van der Waals surface area contributed by atoms with E-state index >= 15 is 0 Å². The second-order valence-corrected chi connectivity index (χ2v) is 3.73. The van der Waals surface area contributed by atoms with Crippen molar-refractivity contribution in [1.29, 1.82) is 0 Å². The van der Waals surface area contributed by atoms with Gasteiger partial charge in [0.2, 0.25) is 0 Å². The van der Waals surface area contributed by atoms with Crippen molar-refractivity contribution in [2.45, 2.75) is 0 Å². The molecule has 4 heteroatoms. The van der Waals surface area contributed by atoms with E-state index < -0.39 is 11.6 Å². The molecule has 0 aliphatic heterocycles. The van der Waals surface area contributed by atoms with Crippen LogP contribution in [0.5, 0.6) is 0 Å². The standard InChI is InChI=1S/C13H8F2N2/c14-9-5-10(15)7-11(6-9)17-8-16-12-3-1-2-4-13(12)17/h1-8H. The van der Waals surface area contributed by atoms with E-state index in [0.717, 1.165) is 17.1 Å². The van der Waals surface area contributed by atoms with Gasteiger partial charge in [-0.15, -0.1) is 0 Å². The fraction of sp³-hybridized carbons (Fsp3) is 0. The first-order valence-electron chi connectivity index (χ1n) is 5.12. The van der Waals surface area contributed by atoms with Gasteiger partial charge in [-0.2, -0.15) is 0 Å². The highest BCUT2D eigenvalue weighted by Gasteiger charge is 2.06. The van der Waals surface area contributed by atoms with E-state index in [4.69, 9.17) is 0 Å². The molecule has 3 rings (SSSR count). The van der Waals surface area contributed by atoms with Crippen LogP contribution in [0.3, 0.4) is 0 Å². The van der Waals surface area contributed by atoms with Crippen molar-refractivity contribution in [2.24, 2.45) is 0 Å². The molecule has 1 aromatic heterocycles. The molecule has 17 heavy (non-hydrogen) atoms. The molecule has 0 bridgehead atoms. The topological polar surface area (TPSA) is 17.8 Å².